The molecule has 1 aromatic heterocycles. The third-order valence-corrected chi connectivity index (χ3v) is 5.26. The Balaban J connectivity index is 1.71. The van der Waals surface area contributed by atoms with E-state index < -0.39 is 4.92 Å². The number of non-ortho nitro benzene ring substituents is 1. The Labute approximate surface area is 172 Å². The number of thiazole rings is 1. The molecule has 1 aliphatic rings. The zero-order valence-electron chi connectivity index (χ0n) is 16.2. The molecule has 0 unspecified atom stereocenters. The summed E-state index contributed by atoms with van der Waals surface area (Å²) in [4.78, 5) is 28.8. The van der Waals surface area contributed by atoms with Gasteiger partial charge in [-0.05, 0) is 32.3 Å². The largest absolute Gasteiger partial charge is 0.466 e. The lowest BCUT2D eigenvalue weighted by Gasteiger charge is -2.29. The average molecular weight is 417 g/mol. The summed E-state index contributed by atoms with van der Waals surface area (Å²) in [5.74, 6) is -0.324. The van der Waals surface area contributed by atoms with Gasteiger partial charge < -0.3 is 9.64 Å². The molecular formula is C19H23N5O4S. The summed E-state index contributed by atoms with van der Waals surface area (Å²) in [7, 11) is 0. The number of nitro benzene ring substituents is 1. The number of nitro groups is 1. The molecule has 10 heteroatoms. The number of nitrogens with one attached hydrogen (secondary N) is 1. The zero-order valence-corrected chi connectivity index (χ0v) is 17.0. The van der Waals surface area contributed by atoms with E-state index in [0.717, 1.165) is 31.6 Å². The fraction of sp³-hybridized carbons (Fsp3) is 0.421. The van der Waals surface area contributed by atoms with E-state index in [4.69, 9.17) is 4.74 Å². The van der Waals surface area contributed by atoms with Crippen LogP contribution in [0.3, 0.4) is 0 Å². The molecule has 29 heavy (non-hydrogen) atoms. The van der Waals surface area contributed by atoms with Gasteiger partial charge in [-0.1, -0.05) is 0 Å². The van der Waals surface area contributed by atoms with Crippen LogP contribution in [-0.2, 0) is 16.0 Å². The first-order valence-corrected chi connectivity index (χ1v) is 10.4. The van der Waals surface area contributed by atoms with Crippen LogP contribution in [0.5, 0.6) is 0 Å². The van der Waals surface area contributed by atoms with Crippen molar-refractivity contribution in [3.63, 3.8) is 0 Å². The SMILES string of the molecule is CCOC(=O)Cc1csc(NN=Cc2cc([N+](=O)[O-])ccc2N2CCCCC2)n1. The Morgan fingerprint density at radius 2 is 2.21 bits per heavy atom. The van der Waals surface area contributed by atoms with Gasteiger partial charge in [-0.3, -0.25) is 20.3 Å². The molecule has 0 amide bonds. The normalized spacial score (nSPS) is 14.2. The van der Waals surface area contributed by atoms with E-state index >= 15 is 0 Å². The minimum Gasteiger partial charge on any atom is -0.466 e. The minimum atomic E-state index is -0.409. The van der Waals surface area contributed by atoms with Gasteiger partial charge in [-0.15, -0.1) is 11.3 Å². The highest BCUT2D eigenvalue weighted by Crippen LogP contribution is 2.27. The van der Waals surface area contributed by atoms with E-state index in [1.54, 1.807) is 24.6 Å². The number of benzene rings is 1. The van der Waals surface area contributed by atoms with E-state index in [0.29, 0.717) is 23.0 Å². The summed E-state index contributed by atoms with van der Waals surface area (Å²) in [6.45, 7) is 3.94. The van der Waals surface area contributed by atoms with Gasteiger partial charge in [0, 0.05) is 41.9 Å². The van der Waals surface area contributed by atoms with Gasteiger partial charge in [-0.25, -0.2) is 4.98 Å². The van der Waals surface area contributed by atoms with Crippen molar-refractivity contribution >= 4 is 40.0 Å². The van der Waals surface area contributed by atoms with Crippen LogP contribution in [0.4, 0.5) is 16.5 Å². The summed E-state index contributed by atoms with van der Waals surface area (Å²) in [6, 6.07) is 4.84. The fourth-order valence-electron chi connectivity index (χ4n) is 3.14. The van der Waals surface area contributed by atoms with Crippen LogP contribution in [0.25, 0.3) is 0 Å². The molecule has 0 saturated carbocycles. The lowest BCUT2D eigenvalue weighted by Crippen LogP contribution is -2.30. The van der Waals surface area contributed by atoms with Crippen LogP contribution in [0.2, 0.25) is 0 Å². The average Bonchev–Trinajstić information content (AvgIpc) is 3.15. The lowest BCUT2D eigenvalue weighted by atomic mass is 10.1. The van der Waals surface area contributed by atoms with Crippen molar-refractivity contribution in [2.75, 3.05) is 30.0 Å². The van der Waals surface area contributed by atoms with E-state index in [9.17, 15) is 14.9 Å². The Bertz CT molecular complexity index is 892. The van der Waals surface area contributed by atoms with Crippen molar-refractivity contribution in [3.05, 3.63) is 45.0 Å². The van der Waals surface area contributed by atoms with Crippen LogP contribution in [0, 0.1) is 10.1 Å². The van der Waals surface area contributed by atoms with Gasteiger partial charge >= 0.3 is 5.97 Å². The molecule has 0 aliphatic carbocycles. The number of hydrogen-bond donors (Lipinski definition) is 1. The van der Waals surface area contributed by atoms with Gasteiger partial charge in [0.05, 0.1) is 29.9 Å². The first kappa shape index (κ1) is 20.7. The van der Waals surface area contributed by atoms with Gasteiger partial charge in [0.25, 0.3) is 5.69 Å². The monoisotopic (exact) mass is 417 g/mol. The van der Waals surface area contributed by atoms with Crippen LogP contribution < -0.4 is 10.3 Å². The highest BCUT2D eigenvalue weighted by atomic mass is 32.1. The zero-order chi connectivity index (χ0) is 20.6. The van der Waals surface area contributed by atoms with Gasteiger partial charge in [0.15, 0.2) is 0 Å². The molecule has 1 N–H and O–H groups in total. The summed E-state index contributed by atoms with van der Waals surface area (Å²) >= 11 is 1.32. The van der Waals surface area contributed by atoms with Gasteiger partial charge in [0.2, 0.25) is 5.13 Å². The van der Waals surface area contributed by atoms with Crippen molar-refractivity contribution in [1.29, 1.82) is 0 Å². The number of anilines is 2. The predicted molar refractivity (Wildman–Crippen MR) is 113 cm³/mol. The van der Waals surface area contributed by atoms with E-state index in [1.807, 2.05) is 0 Å². The van der Waals surface area contributed by atoms with E-state index in [2.05, 4.69) is 20.4 Å². The van der Waals surface area contributed by atoms with E-state index in [1.165, 1.54) is 29.9 Å². The topological polar surface area (TPSA) is 110 Å². The van der Waals surface area contributed by atoms with Crippen molar-refractivity contribution in [3.8, 4) is 0 Å². The standard InChI is InChI=1S/C19H23N5O4S/c1-2-28-18(25)11-15-13-29-19(21-15)22-20-12-14-10-16(24(26)27)6-7-17(14)23-8-4-3-5-9-23/h6-7,10,12-13H,2-5,8-9,11H2,1H3,(H,21,22). The maximum Gasteiger partial charge on any atom is 0.311 e. The number of carbonyl (C=O) groups excluding carboxylic acids is 1. The number of piperidine rings is 1. The maximum atomic E-state index is 11.5. The molecule has 1 saturated heterocycles. The number of carbonyl (C=O) groups is 1. The third kappa shape index (κ3) is 5.74. The number of ether oxygens (including phenoxy) is 1. The summed E-state index contributed by atoms with van der Waals surface area (Å²) in [5, 5.41) is 17.7. The quantitative estimate of drug-likeness (QED) is 0.302. The van der Waals surface area contributed by atoms with Crippen molar-refractivity contribution in [2.24, 2.45) is 5.10 Å². The predicted octanol–water partition coefficient (Wildman–Crippen LogP) is 3.59. The number of aromatic nitrogens is 1. The smallest absolute Gasteiger partial charge is 0.311 e. The highest BCUT2D eigenvalue weighted by molar-refractivity contribution is 7.13. The van der Waals surface area contributed by atoms with Gasteiger partial charge in [-0.2, -0.15) is 5.10 Å². The number of rotatable bonds is 8. The second-order valence-corrected chi connectivity index (χ2v) is 7.40. The van der Waals surface area contributed by atoms with Crippen molar-refractivity contribution in [2.45, 2.75) is 32.6 Å². The van der Waals surface area contributed by atoms with Crippen LogP contribution >= 0.6 is 11.3 Å². The molecule has 9 nitrogen and oxygen atoms in total. The molecule has 0 spiro atoms. The fourth-order valence-corrected chi connectivity index (χ4v) is 3.80. The second-order valence-electron chi connectivity index (χ2n) is 6.54. The first-order chi connectivity index (χ1) is 14.1. The number of esters is 1. The second kappa shape index (κ2) is 9.97. The van der Waals surface area contributed by atoms with Crippen molar-refractivity contribution in [1.82, 2.24) is 4.98 Å². The third-order valence-electron chi connectivity index (χ3n) is 4.47. The molecule has 2 heterocycles. The van der Waals surface area contributed by atoms with Crippen LogP contribution in [0.1, 0.15) is 37.4 Å². The molecule has 0 radical (unpaired) electrons. The maximum absolute atomic E-state index is 11.5. The Hall–Kier alpha value is -3.01. The minimum absolute atomic E-state index is 0.0261. The summed E-state index contributed by atoms with van der Waals surface area (Å²) in [5.41, 5.74) is 5.08. The molecule has 2 aromatic rings. The molecule has 0 atom stereocenters. The molecule has 3 rings (SSSR count). The van der Waals surface area contributed by atoms with Gasteiger partial charge in [0.1, 0.15) is 0 Å². The summed E-state index contributed by atoms with van der Waals surface area (Å²) < 4.78 is 4.91. The summed E-state index contributed by atoms with van der Waals surface area (Å²) in [6.07, 6.45) is 5.10. The molecular weight excluding hydrogens is 394 g/mol. The molecule has 0 bridgehead atoms. The number of hydrogen-bond acceptors (Lipinski definition) is 9. The number of hydrazone groups is 1. The van der Waals surface area contributed by atoms with Crippen LogP contribution in [-0.4, -0.2) is 41.8 Å². The van der Waals surface area contributed by atoms with E-state index in [-0.39, 0.29) is 18.1 Å². The molecule has 154 valence electrons. The Kier molecular flexibility index (Phi) is 7.12. The molecule has 1 aromatic carbocycles. The lowest BCUT2D eigenvalue weighted by molar-refractivity contribution is -0.384. The molecule has 1 aliphatic heterocycles. The Morgan fingerprint density at radius 1 is 1.41 bits per heavy atom. The molecule has 1 fully saturated rings. The first-order valence-electron chi connectivity index (χ1n) is 9.49. The van der Waals surface area contributed by atoms with Crippen LogP contribution in [0.15, 0.2) is 28.7 Å². The Morgan fingerprint density at radius 3 is 2.93 bits per heavy atom. The van der Waals surface area contributed by atoms with Crippen molar-refractivity contribution < 1.29 is 14.5 Å². The highest BCUT2D eigenvalue weighted by Gasteiger charge is 2.17. The number of nitrogens with zero attached hydrogens (tertiary/aromatic N) is 4.